The number of esters is 1. The summed E-state index contributed by atoms with van der Waals surface area (Å²) < 4.78 is 31.7. The SMILES string of the molecule is CC(C)NS(=O)(=O)c1cccc(C(=O)OCC(=O)Nc2ccccc2C#N)c1. The number of carbonyl (C=O) groups is 2. The highest BCUT2D eigenvalue weighted by molar-refractivity contribution is 7.89. The number of nitriles is 1. The first-order valence-electron chi connectivity index (χ1n) is 8.31. The van der Waals surface area contributed by atoms with E-state index in [-0.39, 0.29) is 22.1 Å². The van der Waals surface area contributed by atoms with Crippen molar-refractivity contribution in [2.75, 3.05) is 11.9 Å². The summed E-state index contributed by atoms with van der Waals surface area (Å²) in [6, 6.07) is 13.4. The van der Waals surface area contributed by atoms with Gasteiger partial charge in [-0.25, -0.2) is 17.9 Å². The molecule has 0 saturated heterocycles. The number of hydrogen-bond acceptors (Lipinski definition) is 6. The highest BCUT2D eigenvalue weighted by atomic mass is 32.2. The van der Waals surface area contributed by atoms with Gasteiger partial charge < -0.3 is 10.1 Å². The third kappa shape index (κ3) is 5.64. The van der Waals surface area contributed by atoms with Gasteiger partial charge in [0, 0.05) is 6.04 Å². The third-order valence-corrected chi connectivity index (χ3v) is 5.08. The number of anilines is 1. The average molecular weight is 401 g/mol. The Hall–Kier alpha value is -3.22. The van der Waals surface area contributed by atoms with Gasteiger partial charge in [0.15, 0.2) is 6.61 Å². The van der Waals surface area contributed by atoms with Gasteiger partial charge in [-0.15, -0.1) is 0 Å². The van der Waals surface area contributed by atoms with Crippen LogP contribution in [-0.4, -0.2) is 32.9 Å². The van der Waals surface area contributed by atoms with E-state index in [4.69, 9.17) is 10.00 Å². The Kier molecular flexibility index (Phi) is 6.87. The van der Waals surface area contributed by atoms with E-state index >= 15 is 0 Å². The van der Waals surface area contributed by atoms with Crippen molar-refractivity contribution in [3.63, 3.8) is 0 Å². The van der Waals surface area contributed by atoms with Crippen molar-refractivity contribution in [1.82, 2.24) is 4.72 Å². The molecule has 9 heteroatoms. The molecule has 2 N–H and O–H groups in total. The maximum absolute atomic E-state index is 12.2. The molecule has 0 heterocycles. The number of rotatable bonds is 7. The fourth-order valence-electron chi connectivity index (χ4n) is 2.26. The summed E-state index contributed by atoms with van der Waals surface area (Å²) >= 11 is 0. The summed E-state index contributed by atoms with van der Waals surface area (Å²) in [5.74, 6) is -1.47. The van der Waals surface area contributed by atoms with Gasteiger partial charge in [-0.3, -0.25) is 4.79 Å². The molecule has 8 nitrogen and oxygen atoms in total. The first-order valence-corrected chi connectivity index (χ1v) is 9.80. The molecule has 0 spiro atoms. The molecule has 0 aliphatic carbocycles. The number of nitrogens with one attached hydrogen (secondary N) is 2. The quantitative estimate of drug-likeness (QED) is 0.684. The lowest BCUT2D eigenvalue weighted by Crippen LogP contribution is -2.30. The van der Waals surface area contributed by atoms with Gasteiger partial charge in [0.05, 0.1) is 21.7 Å². The van der Waals surface area contributed by atoms with Crippen molar-refractivity contribution in [3.05, 3.63) is 59.7 Å². The summed E-state index contributed by atoms with van der Waals surface area (Å²) in [6.45, 7) is 2.78. The Balaban J connectivity index is 2.03. The van der Waals surface area contributed by atoms with Crippen LogP contribution in [0, 0.1) is 11.3 Å². The van der Waals surface area contributed by atoms with E-state index < -0.39 is 28.5 Å². The molecule has 0 unspecified atom stereocenters. The number of hydrogen-bond donors (Lipinski definition) is 2. The number of ether oxygens (including phenoxy) is 1. The van der Waals surface area contributed by atoms with Crippen molar-refractivity contribution in [2.24, 2.45) is 0 Å². The molecule has 0 aliphatic heterocycles. The zero-order valence-electron chi connectivity index (χ0n) is 15.3. The molecule has 2 aromatic rings. The van der Waals surface area contributed by atoms with E-state index in [1.807, 2.05) is 6.07 Å². The number of nitrogens with zero attached hydrogens (tertiary/aromatic N) is 1. The van der Waals surface area contributed by atoms with Crippen molar-refractivity contribution in [1.29, 1.82) is 5.26 Å². The molecule has 0 atom stereocenters. The summed E-state index contributed by atoms with van der Waals surface area (Å²) in [7, 11) is -3.76. The fraction of sp³-hybridized carbons (Fsp3) is 0.211. The van der Waals surface area contributed by atoms with Crippen molar-refractivity contribution >= 4 is 27.6 Å². The van der Waals surface area contributed by atoms with Crippen LogP contribution in [0.5, 0.6) is 0 Å². The second kappa shape index (κ2) is 9.12. The smallest absolute Gasteiger partial charge is 0.338 e. The van der Waals surface area contributed by atoms with E-state index in [1.165, 1.54) is 24.3 Å². The van der Waals surface area contributed by atoms with Gasteiger partial charge in [-0.05, 0) is 44.2 Å². The Morgan fingerprint density at radius 3 is 2.54 bits per heavy atom. The van der Waals surface area contributed by atoms with Gasteiger partial charge >= 0.3 is 5.97 Å². The maximum Gasteiger partial charge on any atom is 0.338 e. The highest BCUT2D eigenvalue weighted by Crippen LogP contribution is 2.15. The van der Waals surface area contributed by atoms with E-state index in [0.29, 0.717) is 5.69 Å². The van der Waals surface area contributed by atoms with Gasteiger partial charge in [0.2, 0.25) is 10.0 Å². The van der Waals surface area contributed by atoms with E-state index in [9.17, 15) is 18.0 Å². The summed E-state index contributed by atoms with van der Waals surface area (Å²) in [5.41, 5.74) is 0.577. The largest absolute Gasteiger partial charge is 0.452 e. The molecule has 0 aromatic heterocycles. The van der Waals surface area contributed by atoms with Gasteiger partial charge in [0.1, 0.15) is 6.07 Å². The van der Waals surface area contributed by atoms with Crippen LogP contribution in [0.25, 0.3) is 0 Å². The molecular weight excluding hydrogens is 382 g/mol. The Morgan fingerprint density at radius 2 is 1.86 bits per heavy atom. The summed E-state index contributed by atoms with van der Waals surface area (Å²) in [5, 5.41) is 11.5. The lowest BCUT2D eigenvalue weighted by Gasteiger charge is -2.11. The standard InChI is InChI=1S/C19H19N3O5S/c1-13(2)22-28(25,26)16-8-5-7-14(10-16)19(24)27-12-18(23)21-17-9-4-3-6-15(17)11-20/h3-10,13,22H,12H2,1-2H3,(H,21,23). The monoisotopic (exact) mass is 401 g/mol. The van der Waals surface area contributed by atoms with Crippen LogP contribution in [0.3, 0.4) is 0 Å². The first kappa shape index (κ1) is 21.1. The van der Waals surface area contributed by atoms with Crippen LogP contribution in [0.15, 0.2) is 53.4 Å². The molecule has 2 rings (SSSR count). The molecule has 0 bridgehead atoms. The van der Waals surface area contributed by atoms with Gasteiger partial charge in [-0.2, -0.15) is 5.26 Å². The van der Waals surface area contributed by atoms with Crippen LogP contribution in [-0.2, 0) is 19.6 Å². The number of para-hydroxylation sites is 1. The van der Waals surface area contributed by atoms with Gasteiger partial charge in [-0.1, -0.05) is 18.2 Å². The minimum Gasteiger partial charge on any atom is -0.452 e. The van der Waals surface area contributed by atoms with E-state index in [1.54, 1.807) is 38.1 Å². The zero-order chi connectivity index (χ0) is 20.7. The zero-order valence-corrected chi connectivity index (χ0v) is 16.1. The molecule has 1 amide bonds. The van der Waals surface area contributed by atoms with Crippen LogP contribution in [0.4, 0.5) is 5.69 Å². The van der Waals surface area contributed by atoms with E-state index in [0.717, 1.165) is 0 Å². The molecule has 0 aliphatic rings. The number of sulfonamides is 1. The molecule has 2 aromatic carbocycles. The highest BCUT2D eigenvalue weighted by Gasteiger charge is 2.18. The van der Waals surface area contributed by atoms with Crippen molar-refractivity contribution < 1.29 is 22.7 Å². The Bertz CT molecular complexity index is 1030. The van der Waals surface area contributed by atoms with Gasteiger partial charge in [0.25, 0.3) is 5.91 Å². The Morgan fingerprint density at radius 1 is 1.14 bits per heavy atom. The lowest BCUT2D eigenvalue weighted by atomic mass is 10.2. The molecule has 0 radical (unpaired) electrons. The third-order valence-electron chi connectivity index (χ3n) is 3.43. The topological polar surface area (TPSA) is 125 Å². The predicted molar refractivity (Wildman–Crippen MR) is 102 cm³/mol. The molecule has 146 valence electrons. The number of benzene rings is 2. The molecular formula is C19H19N3O5S. The number of amides is 1. The molecule has 0 saturated carbocycles. The minimum atomic E-state index is -3.76. The lowest BCUT2D eigenvalue weighted by molar-refractivity contribution is -0.119. The normalized spacial score (nSPS) is 10.9. The van der Waals surface area contributed by atoms with E-state index in [2.05, 4.69) is 10.0 Å². The molecule has 28 heavy (non-hydrogen) atoms. The number of carbonyl (C=O) groups excluding carboxylic acids is 2. The van der Waals surface area contributed by atoms with Crippen LogP contribution < -0.4 is 10.0 Å². The van der Waals surface area contributed by atoms with Crippen LogP contribution >= 0.6 is 0 Å². The van der Waals surface area contributed by atoms with Crippen LogP contribution in [0.1, 0.15) is 29.8 Å². The van der Waals surface area contributed by atoms with Crippen molar-refractivity contribution in [3.8, 4) is 6.07 Å². The van der Waals surface area contributed by atoms with Crippen molar-refractivity contribution in [2.45, 2.75) is 24.8 Å². The fourth-order valence-corrected chi connectivity index (χ4v) is 3.56. The Labute approximate surface area is 163 Å². The first-order chi connectivity index (χ1) is 13.2. The second-order valence-electron chi connectivity index (χ2n) is 6.09. The van der Waals surface area contributed by atoms with Crippen LogP contribution in [0.2, 0.25) is 0 Å². The average Bonchev–Trinajstić information content (AvgIpc) is 2.65. The minimum absolute atomic E-state index is 0.00291. The second-order valence-corrected chi connectivity index (χ2v) is 7.80. The predicted octanol–water partition coefficient (Wildman–Crippen LogP) is 2.04. The maximum atomic E-state index is 12.2. The summed E-state index contributed by atoms with van der Waals surface area (Å²) in [4.78, 5) is 24.0. The molecule has 0 fully saturated rings. The summed E-state index contributed by atoms with van der Waals surface area (Å²) in [6.07, 6.45) is 0.